The van der Waals surface area contributed by atoms with Gasteiger partial charge in [0.15, 0.2) is 11.5 Å². The lowest BCUT2D eigenvalue weighted by molar-refractivity contribution is 0.0934. The molecule has 0 saturated heterocycles. The lowest BCUT2D eigenvalue weighted by atomic mass is 10.1. The highest BCUT2D eigenvalue weighted by Crippen LogP contribution is 2.19. The molecule has 0 aliphatic rings. The summed E-state index contributed by atoms with van der Waals surface area (Å²) in [4.78, 5) is 16.9. The van der Waals surface area contributed by atoms with E-state index in [1.54, 1.807) is 24.3 Å². The van der Waals surface area contributed by atoms with Crippen LogP contribution in [0.2, 0.25) is 0 Å². The molecule has 7 nitrogen and oxygen atoms in total. The highest BCUT2D eigenvalue weighted by Gasteiger charge is 2.20. The Kier molecular flexibility index (Phi) is 5.38. The first-order valence-corrected chi connectivity index (χ1v) is 10.3. The Hall–Kier alpha value is -3.13. The molecule has 4 rings (SSSR count). The Morgan fingerprint density at radius 3 is 2.75 bits per heavy atom. The number of carbonyl (C=O) groups is 1. The van der Waals surface area contributed by atoms with Gasteiger partial charge in [-0.25, -0.2) is 4.98 Å². The van der Waals surface area contributed by atoms with Crippen LogP contribution in [0.4, 0.5) is 0 Å². The quantitative estimate of drug-likeness (QED) is 0.523. The number of pyridine rings is 1. The van der Waals surface area contributed by atoms with E-state index in [0.29, 0.717) is 5.56 Å². The maximum absolute atomic E-state index is 12.9. The summed E-state index contributed by atoms with van der Waals surface area (Å²) in [6.07, 6.45) is 10.1. The molecule has 1 unspecified atom stereocenters. The van der Waals surface area contributed by atoms with E-state index < -0.39 is 0 Å². The summed E-state index contributed by atoms with van der Waals surface area (Å²) in [7, 11) is 0. The summed E-state index contributed by atoms with van der Waals surface area (Å²) in [5.41, 5.74) is 2.33. The highest BCUT2D eigenvalue weighted by atomic mass is 32.2. The van der Waals surface area contributed by atoms with E-state index in [-0.39, 0.29) is 11.9 Å². The van der Waals surface area contributed by atoms with Crippen LogP contribution in [0.3, 0.4) is 0 Å². The fourth-order valence-corrected chi connectivity index (χ4v) is 3.51. The molecule has 3 heterocycles. The number of carbonyl (C=O) groups excluding carboxylic acids is 1. The SMILES string of the molecule is CSCCC(NC(=O)c1ccc(-n2ccnc2)cc1)c1nnc2ccccn12. The van der Waals surface area contributed by atoms with E-state index in [2.05, 4.69) is 26.8 Å². The van der Waals surface area contributed by atoms with Crippen LogP contribution in [0.25, 0.3) is 11.3 Å². The number of amides is 1. The van der Waals surface area contributed by atoms with Crippen molar-refractivity contribution in [3.8, 4) is 5.69 Å². The standard InChI is InChI=1S/C20H20N6OS/c1-28-13-9-17(19-24-23-18-4-2-3-11-26(18)19)22-20(27)15-5-7-16(8-6-15)25-12-10-21-14-25/h2-8,10-12,14,17H,9,13H2,1H3,(H,22,27). The number of fused-ring (bicyclic) bond motifs is 1. The number of imidazole rings is 1. The zero-order valence-electron chi connectivity index (χ0n) is 15.4. The van der Waals surface area contributed by atoms with Crippen molar-refractivity contribution in [1.29, 1.82) is 0 Å². The molecule has 1 aromatic carbocycles. The molecule has 1 N–H and O–H groups in total. The van der Waals surface area contributed by atoms with E-state index in [1.807, 2.05) is 63.8 Å². The summed E-state index contributed by atoms with van der Waals surface area (Å²) in [5, 5.41) is 11.7. The summed E-state index contributed by atoms with van der Waals surface area (Å²) < 4.78 is 3.82. The molecule has 142 valence electrons. The van der Waals surface area contributed by atoms with Gasteiger partial charge in [0, 0.05) is 29.8 Å². The smallest absolute Gasteiger partial charge is 0.251 e. The summed E-state index contributed by atoms with van der Waals surface area (Å²) in [6.45, 7) is 0. The molecule has 0 spiro atoms. The minimum atomic E-state index is -0.217. The van der Waals surface area contributed by atoms with Crippen molar-refractivity contribution in [3.05, 3.63) is 78.8 Å². The van der Waals surface area contributed by atoms with Gasteiger partial charge in [-0.05, 0) is 54.8 Å². The first-order valence-electron chi connectivity index (χ1n) is 8.94. The molecular weight excluding hydrogens is 372 g/mol. The van der Waals surface area contributed by atoms with Gasteiger partial charge in [0.05, 0.1) is 12.4 Å². The second-order valence-corrected chi connectivity index (χ2v) is 7.30. The van der Waals surface area contributed by atoms with Crippen molar-refractivity contribution in [2.24, 2.45) is 0 Å². The third-order valence-electron chi connectivity index (χ3n) is 4.50. The topological polar surface area (TPSA) is 77.1 Å². The van der Waals surface area contributed by atoms with Crippen molar-refractivity contribution in [2.45, 2.75) is 12.5 Å². The fraction of sp³-hybridized carbons (Fsp3) is 0.200. The molecule has 0 aliphatic carbocycles. The van der Waals surface area contributed by atoms with Gasteiger partial charge in [0.2, 0.25) is 0 Å². The molecule has 0 aliphatic heterocycles. The predicted molar refractivity (Wildman–Crippen MR) is 110 cm³/mol. The average molecular weight is 392 g/mol. The summed E-state index contributed by atoms with van der Waals surface area (Å²) in [6, 6.07) is 13.0. The number of thioether (sulfide) groups is 1. The van der Waals surface area contributed by atoms with E-state index in [9.17, 15) is 4.79 Å². The third-order valence-corrected chi connectivity index (χ3v) is 5.14. The van der Waals surface area contributed by atoms with Crippen molar-refractivity contribution < 1.29 is 4.79 Å². The normalized spacial score (nSPS) is 12.2. The van der Waals surface area contributed by atoms with Crippen LogP contribution >= 0.6 is 11.8 Å². The fourth-order valence-electron chi connectivity index (χ4n) is 3.04. The number of hydrogen-bond donors (Lipinski definition) is 1. The van der Waals surface area contributed by atoms with E-state index in [0.717, 1.165) is 29.3 Å². The van der Waals surface area contributed by atoms with Gasteiger partial charge in [-0.3, -0.25) is 9.20 Å². The van der Waals surface area contributed by atoms with Gasteiger partial charge in [-0.2, -0.15) is 11.8 Å². The number of rotatable bonds is 7. The minimum Gasteiger partial charge on any atom is -0.342 e. The maximum atomic E-state index is 12.9. The zero-order valence-corrected chi connectivity index (χ0v) is 16.2. The molecule has 0 saturated carbocycles. The van der Waals surface area contributed by atoms with Crippen molar-refractivity contribution >= 4 is 23.3 Å². The molecule has 8 heteroatoms. The van der Waals surface area contributed by atoms with Gasteiger partial charge >= 0.3 is 0 Å². The van der Waals surface area contributed by atoms with Crippen LogP contribution in [-0.2, 0) is 0 Å². The van der Waals surface area contributed by atoms with Gasteiger partial charge in [0.1, 0.15) is 0 Å². The Morgan fingerprint density at radius 1 is 1.14 bits per heavy atom. The van der Waals surface area contributed by atoms with Gasteiger partial charge < -0.3 is 9.88 Å². The van der Waals surface area contributed by atoms with Crippen molar-refractivity contribution in [3.63, 3.8) is 0 Å². The van der Waals surface area contributed by atoms with E-state index in [4.69, 9.17) is 0 Å². The van der Waals surface area contributed by atoms with Gasteiger partial charge in [0.25, 0.3) is 5.91 Å². The Labute approximate surface area is 166 Å². The average Bonchev–Trinajstić information content (AvgIpc) is 3.41. The Bertz CT molecular complexity index is 1060. The monoisotopic (exact) mass is 392 g/mol. The second-order valence-electron chi connectivity index (χ2n) is 6.31. The molecule has 0 fully saturated rings. The zero-order chi connectivity index (χ0) is 19.3. The predicted octanol–water partition coefficient (Wildman–Crippen LogP) is 3.14. The number of aromatic nitrogens is 5. The number of hydrogen-bond acceptors (Lipinski definition) is 5. The number of nitrogens with zero attached hydrogens (tertiary/aromatic N) is 5. The number of nitrogens with one attached hydrogen (secondary N) is 1. The molecule has 4 aromatic rings. The van der Waals surface area contributed by atoms with E-state index >= 15 is 0 Å². The van der Waals surface area contributed by atoms with Crippen LogP contribution in [-0.4, -0.2) is 42.1 Å². The van der Waals surface area contributed by atoms with Crippen LogP contribution in [0, 0.1) is 0 Å². The molecule has 0 radical (unpaired) electrons. The Balaban J connectivity index is 1.55. The summed E-state index contributed by atoms with van der Waals surface area (Å²) in [5.74, 6) is 1.52. The first kappa shape index (κ1) is 18.2. The van der Waals surface area contributed by atoms with Gasteiger partial charge in [-0.15, -0.1) is 10.2 Å². The van der Waals surface area contributed by atoms with Gasteiger partial charge in [-0.1, -0.05) is 6.07 Å². The lowest BCUT2D eigenvalue weighted by Crippen LogP contribution is -2.30. The minimum absolute atomic E-state index is 0.129. The lowest BCUT2D eigenvalue weighted by Gasteiger charge is -2.17. The second kappa shape index (κ2) is 8.26. The van der Waals surface area contributed by atoms with Crippen LogP contribution in [0.5, 0.6) is 0 Å². The third kappa shape index (κ3) is 3.77. The Morgan fingerprint density at radius 2 is 2.00 bits per heavy atom. The molecule has 1 amide bonds. The first-order chi connectivity index (χ1) is 13.8. The molecule has 28 heavy (non-hydrogen) atoms. The van der Waals surface area contributed by atoms with E-state index in [1.165, 1.54) is 0 Å². The number of benzene rings is 1. The highest BCUT2D eigenvalue weighted by molar-refractivity contribution is 7.98. The van der Waals surface area contributed by atoms with Crippen LogP contribution in [0.15, 0.2) is 67.4 Å². The van der Waals surface area contributed by atoms with Crippen molar-refractivity contribution in [2.75, 3.05) is 12.0 Å². The maximum Gasteiger partial charge on any atom is 0.251 e. The molecule has 1 atom stereocenters. The molecular formula is C20H20N6OS. The van der Waals surface area contributed by atoms with Crippen molar-refractivity contribution in [1.82, 2.24) is 29.5 Å². The van der Waals surface area contributed by atoms with Crippen LogP contribution < -0.4 is 5.32 Å². The molecule has 3 aromatic heterocycles. The molecule has 0 bridgehead atoms. The largest absolute Gasteiger partial charge is 0.342 e. The summed E-state index contributed by atoms with van der Waals surface area (Å²) >= 11 is 1.74. The van der Waals surface area contributed by atoms with Crippen LogP contribution in [0.1, 0.15) is 28.6 Å².